The molecule has 0 radical (unpaired) electrons. The van der Waals surface area contributed by atoms with Gasteiger partial charge in [0, 0.05) is 0 Å². The van der Waals surface area contributed by atoms with Crippen LogP contribution in [0.3, 0.4) is 0 Å². The smallest absolute Gasteiger partial charge is 0.339 e. The van der Waals surface area contributed by atoms with E-state index in [-0.39, 0.29) is 5.91 Å². The number of hydrogen-bond acceptors (Lipinski definition) is 4. The Morgan fingerprint density at radius 2 is 2.00 bits per heavy atom. The highest BCUT2D eigenvalue weighted by Crippen LogP contribution is 2.15. The van der Waals surface area contributed by atoms with Crippen molar-refractivity contribution in [2.45, 2.75) is 13.5 Å². The van der Waals surface area contributed by atoms with E-state index in [1.165, 1.54) is 16.9 Å². The molecule has 0 saturated carbocycles. The number of esters is 1. The van der Waals surface area contributed by atoms with Crippen LogP contribution in [-0.2, 0) is 16.1 Å². The summed E-state index contributed by atoms with van der Waals surface area (Å²) < 4.78 is 4.74. The highest BCUT2D eigenvalue weighted by molar-refractivity contribution is 7.09. The monoisotopic (exact) mass is 333 g/mol. The molecule has 0 spiro atoms. The van der Waals surface area contributed by atoms with Gasteiger partial charge in [0.25, 0.3) is 5.91 Å². The normalized spacial score (nSPS) is 11.7. The lowest BCUT2D eigenvalue weighted by Gasteiger charge is -2.17. The first-order valence-corrected chi connectivity index (χ1v) is 8.35. The van der Waals surface area contributed by atoms with Crippen LogP contribution in [-0.4, -0.2) is 32.1 Å². The Morgan fingerprint density at radius 1 is 1.22 bits per heavy atom. The molecule has 0 fully saturated rings. The van der Waals surface area contributed by atoms with Gasteiger partial charge in [-0.1, -0.05) is 18.2 Å². The van der Waals surface area contributed by atoms with E-state index in [1.807, 2.05) is 11.4 Å². The molecule has 1 atom stereocenters. The third-order valence-corrected chi connectivity index (χ3v) is 4.40. The number of benzene rings is 1. The lowest BCUT2D eigenvalue weighted by atomic mass is 10.2. The number of ether oxygens (including phenoxy) is 1. The van der Waals surface area contributed by atoms with Crippen molar-refractivity contribution in [3.63, 3.8) is 0 Å². The summed E-state index contributed by atoms with van der Waals surface area (Å²) in [6, 6.07) is 10.9. The molecule has 1 heterocycles. The van der Waals surface area contributed by atoms with E-state index < -0.39 is 5.97 Å². The van der Waals surface area contributed by atoms with Crippen molar-refractivity contribution in [3.05, 3.63) is 52.2 Å². The van der Waals surface area contributed by atoms with E-state index in [0.29, 0.717) is 17.8 Å². The third kappa shape index (κ3) is 4.91. The van der Waals surface area contributed by atoms with Crippen LogP contribution in [0.1, 0.15) is 22.2 Å². The number of thiophene rings is 1. The molecule has 0 saturated heterocycles. The third-order valence-electron chi connectivity index (χ3n) is 3.52. The van der Waals surface area contributed by atoms with E-state index in [1.54, 1.807) is 35.6 Å². The summed E-state index contributed by atoms with van der Waals surface area (Å²) in [4.78, 5) is 26.4. The van der Waals surface area contributed by atoms with Crippen molar-refractivity contribution >= 4 is 28.9 Å². The lowest BCUT2D eigenvalue weighted by Crippen LogP contribution is -3.11. The van der Waals surface area contributed by atoms with Crippen LogP contribution in [0.5, 0.6) is 0 Å². The summed E-state index contributed by atoms with van der Waals surface area (Å²) in [5.41, 5.74) is 0.843. The minimum Gasteiger partial charge on any atom is -0.465 e. The fourth-order valence-electron chi connectivity index (χ4n) is 2.27. The van der Waals surface area contributed by atoms with E-state index in [9.17, 15) is 9.59 Å². The molecule has 0 bridgehead atoms. The standard InChI is InChI=1S/C17H20N2O3S/c1-3-19(11-13-7-6-10-23-13)12-16(20)18-15-9-5-4-8-14(15)17(21)22-2/h4-10H,3,11-12H2,1-2H3,(H,18,20)/p+1. The quantitative estimate of drug-likeness (QED) is 0.756. The number of hydrogen-bond donors (Lipinski definition) is 2. The number of carbonyl (C=O) groups is 2. The van der Waals surface area contributed by atoms with Gasteiger partial charge < -0.3 is 15.0 Å². The Balaban J connectivity index is 2.00. The van der Waals surface area contributed by atoms with Gasteiger partial charge in [-0.2, -0.15) is 0 Å². The van der Waals surface area contributed by atoms with E-state index in [4.69, 9.17) is 4.74 Å². The van der Waals surface area contributed by atoms with Gasteiger partial charge in [-0.15, -0.1) is 11.3 Å². The number of likely N-dealkylation sites (N-methyl/N-ethyl adjacent to an activating group) is 1. The number of para-hydroxylation sites is 1. The first-order chi connectivity index (χ1) is 11.1. The summed E-state index contributed by atoms with van der Waals surface area (Å²) in [6.45, 7) is 4.08. The maximum atomic E-state index is 12.3. The summed E-state index contributed by atoms with van der Waals surface area (Å²) in [5.74, 6) is -0.575. The maximum Gasteiger partial charge on any atom is 0.339 e. The molecule has 2 rings (SSSR count). The minimum atomic E-state index is -0.459. The van der Waals surface area contributed by atoms with Gasteiger partial charge in [0.15, 0.2) is 6.54 Å². The Hall–Kier alpha value is -2.18. The number of rotatable bonds is 7. The number of amides is 1. The number of methoxy groups -OCH3 is 1. The number of anilines is 1. The number of quaternary nitrogens is 1. The van der Waals surface area contributed by atoms with E-state index >= 15 is 0 Å². The van der Waals surface area contributed by atoms with E-state index in [2.05, 4.69) is 18.3 Å². The number of nitrogens with one attached hydrogen (secondary N) is 2. The largest absolute Gasteiger partial charge is 0.465 e. The topological polar surface area (TPSA) is 59.8 Å². The maximum absolute atomic E-state index is 12.3. The van der Waals surface area contributed by atoms with Crippen LogP contribution in [0.4, 0.5) is 5.69 Å². The van der Waals surface area contributed by atoms with Gasteiger partial charge in [0.2, 0.25) is 0 Å². The molecule has 1 aromatic carbocycles. The predicted molar refractivity (Wildman–Crippen MR) is 90.8 cm³/mol. The van der Waals surface area contributed by atoms with Gasteiger partial charge in [-0.25, -0.2) is 4.79 Å². The van der Waals surface area contributed by atoms with Crippen LogP contribution in [0.2, 0.25) is 0 Å². The Kier molecular flexibility index (Phi) is 6.31. The van der Waals surface area contributed by atoms with Crippen LogP contribution >= 0.6 is 11.3 Å². The summed E-state index contributed by atoms with van der Waals surface area (Å²) >= 11 is 1.69. The second-order valence-corrected chi connectivity index (χ2v) is 6.15. The SMILES string of the molecule is CC[NH+](CC(=O)Nc1ccccc1C(=O)OC)Cc1cccs1. The molecule has 0 aliphatic rings. The van der Waals surface area contributed by atoms with Crippen molar-refractivity contribution in [2.75, 3.05) is 25.5 Å². The average Bonchev–Trinajstić information content (AvgIpc) is 3.07. The van der Waals surface area contributed by atoms with Crippen molar-refractivity contribution < 1.29 is 19.2 Å². The van der Waals surface area contributed by atoms with Crippen LogP contribution in [0.15, 0.2) is 41.8 Å². The van der Waals surface area contributed by atoms with Gasteiger partial charge in [-0.05, 0) is 30.5 Å². The molecule has 0 aliphatic carbocycles. The van der Waals surface area contributed by atoms with Crippen molar-refractivity contribution in [2.24, 2.45) is 0 Å². The summed E-state index contributed by atoms with van der Waals surface area (Å²) in [6.07, 6.45) is 0. The molecular weight excluding hydrogens is 312 g/mol. The Bertz CT molecular complexity index is 656. The molecule has 122 valence electrons. The second-order valence-electron chi connectivity index (χ2n) is 5.12. The number of carbonyl (C=O) groups excluding carboxylic acids is 2. The Morgan fingerprint density at radius 3 is 2.65 bits per heavy atom. The Labute approximate surface area is 139 Å². The van der Waals surface area contributed by atoms with Gasteiger partial charge in [0.1, 0.15) is 6.54 Å². The molecule has 5 nitrogen and oxygen atoms in total. The highest BCUT2D eigenvalue weighted by atomic mass is 32.1. The minimum absolute atomic E-state index is 0.116. The average molecular weight is 333 g/mol. The molecule has 2 N–H and O–H groups in total. The zero-order chi connectivity index (χ0) is 16.7. The molecule has 23 heavy (non-hydrogen) atoms. The van der Waals surface area contributed by atoms with Crippen LogP contribution in [0.25, 0.3) is 0 Å². The fraction of sp³-hybridized carbons (Fsp3) is 0.294. The fourth-order valence-corrected chi connectivity index (χ4v) is 3.05. The highest BCUT2D eigenvalue weighted by Gasteiger charge is 2.17. The predicted octanol–water partition coefficient (Wildman–Crippen LogP) is 1.58. The molecule has 1 amide bonds. The first-order valence-electron chi connectivity index (χ1n) is 7.47. The molecular formula is C17H21N2O3S+. The van der Waals surface area contributed by atoms with E-state index in [0.717, 1.165) is 13.1 Å². The zero-order valence-electron chi connectivity index (χ0n) is 13.3. The van der Waals surface area contributed by atoms with Crippen molar-refractivity contribution in [3.8, 4) is 0 Å². The molecule has 2 aromatic rings. The van der Waals surface area contributed by atoms with Gasteiger partial charge >= 0.3 is 5.97 Å². The van der Waals surface area contributed by atoms with Gasteiger partial charge in [-0.3, -0.25) is 4.79 Å². The van der Waals surface area contributed by atoms with Crippen LogP contribution in [0, 0.1) is 0 Å². The van der Waals surface area contributed by atoms with Crippen LogP contribution < -0.4 is 10.2 Å². The second kappa shape index (κ2) is 8.45. The summed E-state index contributed by atoms with van der Waals surface area (Å²) in [7, 11) is 1.32. The van der Waals surface area contributed by atoms with Crippen molar-refractivity contribution in [1.29, 1.82) is 0 Å². The molecule has 6 heteroatoms. The molecule has 1 unspecified atom stereocenters. The lowest BCUT2D eigenvalue weighted by molar-refractivity contribution is -0.903. The molecule has 0 aliphatic heterocycles. The first kappa shape index (κ1) is 17.2. The van der Waals surface area contributed by atoms with Gasteiger partial charge in [0.05, 0.1) is 29.8 Å². The zero-order valence-corrected chi connectivity index (χ0v) is 14.1. The molecule has 1 aromatic heterocycles. The van der Waals surface area contributed by atoms with Crippen molar-refractivity contribution in [1.82, 2.24) is 0 Å². The summed E-state index contributed by atoms with van der Waals surface area (Å²) in [5, 5.41) is 4.85.